The van der Waals surface area contributed by atoms with Gasteiger partial charge in [0.2, 0.25) is 5.90 Å². The lowest BCUT2D eigenvalue weighted by Crippen LogP contribution is -2.06. The first kappa shape index (κ1) is 23.5. The third-order valence-corrected chi connectivity index (χ3v) is 6.20. The molecule has 5 nitrogen and oxygen atoms in total. The number of benzene rings is 3. The molecular weight excluding hydrogens is 597 g/mol. The highest BCUT2D eigenvalue weighted by molar-refractivity contribution is 14.1. The molecule has 1 aliphatic rings. The van der Waals surface area contributed by atoms with Crippen molar-refractivity contribution < 1.29 is 19.0 Å². The van der Waals surface area contributed by atoms with E-state index in [2.05, 4.69) is 43.5 Å². The first-order valence-corrected chi connectivity index (χ1v) is 12.2. The number of aryl methyl sites for hydroxylation is 1. The van der Waals surface area contributed by atoms with E-state index >= 15 is 0 Å². The van der Waals surface area contributed by atoms with Gasteiger partial charge in [-0.25, -0.2) is 9.79 Å². The maximum atomic E-state index is 12.5. The van der Waals surface area contributed by atoms with Crippen molar-refractivity contribution in [1.82, 2.24) is 0 Å². The minimum atomic E-state index is -0.476. The zero-order valence-corrected chi connectivity index (χ0v) is 21.8. The predicted molar refractivity (Wildman–Crippen MR) is 141 cm³/mol. The highest BCUT2D eigenvalue weighted by Gasteiger charge is 2.25. The number of ether oxygens (including phenoxy) is 3. The second kappa shape index (κ2) is 10.5. The van der Waals surface area contributed by atoms with Crippen molar-refractivity contribution in [3.05, 3.63) is 96.7 Å². The summed E-state index contributed by atoms with van der Waals surface area (Å²) in [7, 11) is 0. The Kier molecular flexibility index (Phi) is 7.49. The number of hydrogen-bond acceptors (Lipinski definition) is 5. The van der Waals surface area contributed by atoms with Gasteiger partial charge in [0.15, 0.2) is 17.2 Å². The minimum Gasteiger partial charge on any atom is -0.490 e. The van der Waals surface area contributed by atoms with Crippen molar-refractivity contribution in [2.75, 3.05) is 6.61 Å². The monoisotopic (exact) mass is 617 g/mol. The molecule has 33 heavy (non-hydrogen) atoms. The molecule has 3 aromatic carbocycles. The van der Waals surface area contributed by atoms with Crippen LogP contribution in [0.5, 0.6) is 11.5 Å². The number of aliphatic imine (C=N–C) groups is 1. The molecule has 4 rings (SSSR count). The molecule has 0 aliphatic carbocycles. The molecule has 0 spiro atoms. The van der Waals surface area contributed by atoms with Gasteiger partial charge >= 0.3 is 5.97 Å². The summed E-state index contributed by atoms with van der Waals surface area (Å²) in [5.74, 6) is 1.12. The fraction of sp³-hybridized carbons (Fsp3) is 0.154. The van der Waals surface area contributed by atoms with Gasteiger partial charge in [-0.05, 0) is 89.5 Å². The summed E-state index contributed by atoms with van der Waals surface area (Å²) in [6, 6.07) is 19.4. The summed E-state index contributed by atoms with van der Waals surface area (Å²) in [6.07, 6.45) is 1.70. The summed E-state index contributed by atoms with van der Waals surface area (Å²) in [5.41, 5.74) is 3.86. The zero-order chi connectivity index (χ0) is 23.4. The third-order valence-electron chi connectivity index (χ3n) is 4.90. The molecule has 7 heteroatoms. The lowest BCUT2D eigenvalue weighted by atomic mass is 10.1. The number of carbonyl (C=O) groups is 1. The summed E-state index contributed by atoms with van der Waals surface area (Å²) in [4.78, 5) is 16.9. The fourth-order valence-corrected chi connectivity index (χ4v) is 4.58. The van der Waals surface area contributed by atoms with Crippen molar-refractivity contribution in [2.24, 2.45) is 4.99 Å². The topological polar surface area (TPSA) is 57.1 Å². The first-order chi connectivity index (χ1) is 15.9. The van der Waals surface area contributed by atoms with Crippen molar-refractivity contribution in [2.45, 2.75) is 20.5 Å². The van der Waals surface area contributed by atoms with Gasteiger partial charge in [-0.2, -0.15) is 0 Å². The molecule has 1 heterocycles. The fourth-order valence-electron chi connectivity index (χ4n) is 3.35. The van der Waals surface area contributed by atoms with Crippen LogP contribution < -0.4 is 9.47 Å². The number of nitrogens with zero attached hydrogens (tertiary/aromatic N) is 1. The molecule has 0 unspecified atom stereocenters. The first-order valence-electron chi connectivity index (χ1n) is 10.4. The van der Waals surface area contributed by atoms with Crippen LogP contribution in [0.4, 0.5) is 0 Å². The summed E-state index contributed by atoms with van der Waals surface area (Å²) >= 11 is 5.70. The van der Waals surface area contributed by atoms with Crippen molar-refractivity contribution in [3.8, 4) is 11.5 Å². The summed E-state index contributed by atoms with van der Waals surface area (Å²) < 4.78 is 19.2. The van der Waals surface area contributed by atoms with Gasteiger partial charge in [0, 0.05) is 10.0 Å². The van der Waals surface area contributed by atoms with Crippen LogP contribution >= 0.6 is 38.5 Å². The Labute approximate surface area is 214 Å². The smallest absolute Gasteiger partial charge is 0.363 e. The number of cyclic esters (lactones) is 1. The highest BCUT2D eigenvalue weighted by atomic mass is 127. The number of halogens is 2. The van der Waals surface area contributed by atoms with Gasteiger partial charge < -0.3 is 14.2 Å². The lowest BCUT2D eigenvalue weighted by Gasteiger charge is -2.15. The van der Waals surface area contributed by atoms with Gasteiger partial charge in [-0.3, -0.25) is 0 Å². The number of hydrogen-bond donors (Lipinski definition) is 0. The normalized spacial score (nSPS) is 14.2. The lowest BCUT2D eigenvalue weighted by molar-refractivity contribution is -0.129. The van der Waals surface area contributed by atoms with E-state index in [1.54, 1.807) is 6.08 Å². The quantitative estimate of drug-likeness (QED) is 0.169. The number of esters is 1. The van der Waals surface area contributed by atoms with E-state index in [1.807, 2.05) is 74.5 Å². The molecule has 0 fully saturated rings. The second-order valence-electron chi connectivity index (χ2n) is 7.33. The van der Waals surface area contributed by atoms with E-state index in [0.717, 1.165) is 30.3 Å². The Bertz CT molecular complexity index is 1270. The van der Waals surface area contributed by atoms with Gasteiger partial charge in [-0.1, -0.05) is 46.3 Å². The predicted octanol–water partition coefficient (Wildman–Crippen LogP) is 6.68. The van der Waals surface area contributed by atoms with Crippen molar-refractivity contribution in [1.29, 1.82) is 0 Å². The molecule has 168 valence electrons. The Morgan fingerprint density at radius 2 is 1.91 bits per heavy atom. The Balaban J connectivity index is 1.62. The molecule has 0 saturated heterocycles. The second-order valence-corrected chi connectivity index (χ2v) is 9.41. The molecular formula is C26H21BrINO4. The van der Waals surface area contributed by atoms with Gasteiger partial charge in [-0.15, -0.1) is 0 Å². The van der Waals surface area contributed by atoms with E-state index in [4.69, 9.17) is 14.2 Å². The van der Waals surface area contributed by atoms with Crippen LogP contribution in [0.1, 0.15) is 29.2 Å². The van der Waals surface area contributed by atoms with Crippen LogP contribution in [0.15, 0.2) is 75.8 Å². The third kappa shape index (κ3) is 5.65. The molecule has 0 atom stereocenters. The molecule has 0 radical (unpaired) electrons. The average Bonchev–Trinajstić information content (AvgIpc) is 3.13. The summed E-state index contributed by atoms with van der Waals surface area (Å²) in [5, 5.41) is 0. The van der Waals surface area contributed by atoms with Crippen LogP contribution in [0.25, 0.3) is 6.08 Å². The van der Waals surface area contributed by atoms with Gasteiger partial charge in [0.25, 0.3) is 0 Å². The Hall–Kier alpha value is -2.65. The zero-order valence-electron chi connectivity index (χ0n) is 18.1. The molecule has 1 aliphatic heterocycles. The van der Waals surface area contributed by atoms with Crippen LogP contribution in [0.3, 0.4) is 0 Å². The minimum absolute atomic E-state index is 0.245. The highest BCUT2D eigenvalue weighted by Crippen LogP contribution is 2.36. The van der Waals surface area contributed by atoms with E-state index < -0.39 is 5.97 Å². The van der Waals surface area contributed by atoms with E-state index in [0.29, 0.717) is 30.6 Å². The standard InChI is InChI=1S/C26H21BrINO4/c1-3-31-23-14-18(12-21(28)24(23)32-15-17-8-6-9-19(27)11-17)13-22-26(30)33-25(29-22)20-10-5-4-7-16(20)2/h4-14H,3,15H2,1-2H3/b22-13-. The van der Waals surface area contributed by atoms with Gasteiger partial charge in [0.1, 0.15) is 6.61 Å². The van der Waals surface area contributed by atoms with E-state index in [-0.39, 0.29) is 5.70 Å². The number of rotatable bonds is 7. The molecule has 0 amide bonds. The Morgan fingerprint density at radius 3 is 2.67 bits per heavy atom. The largest absolute Gasteiger partial charge is 0.490 e. The van der Waals surface area contributed by atoms with Crippen LogP contribution in [-0.2, 0) is 16.1 Å². The number of carbonyl (C=O) groups excluding carboxylic acids is 1. The summed E-state index contributed by atoms with van der Waals surface area (Å²) in [6.45, 7) is 4.77. The average molecular weight is 618 g/mol. The maximum absolute atomic E-state index is 12.5. The van der Waals surface area contributed by atoms with E-state index in [9.17, 15) is 4.79 Å². The van der Waals surface area contributed by atoms with Crippen LogP contribution in [0.2, 0.25) is 0 Å². The molecule has 0 aromatic heterocycles. The van der Waals surface area contributed by atoms with Crippen molar-refractivity contribution in [3.63, 3.8) is 0 Å². The van der Waals surface area contributed by atoms with E-state index in [1.165, 1.54) is 0 Å². The molecule has 0 N–H and O–H groups in total. The SMILES string of the molecule is CCOc1cc(/C=C2\N=C(c3ccccc3C)OC2=O)cc(I)c1OCc1cccc(Br)c1. The molecule has 0 saturated carbocycles. The Morgan fingerprint density at radius 1 is 1.09 bits per heavy atom. The molecule has 0 bridgehead atoms. The van der Waals surface area contributed by atoms with Crippen LogP contribution in [-0.4, -0.2) is 18.5 Å². The molecule has 3 aromatic rings. The van der Waals surface area contributed by atoms with Crippen LogP contribution in [0, 0.1) is 10.5 Å². The van der Waals surface area contributed by atoms with Gasteiger partial charge in [0.05, 0.1) is 10.2 Å². The maximum Gasteiger partial charge on any atom is 0.363 e. The van der Waals surface area contributed by atoms with Crippen molar-refractivity contribution >= 4 is 56.5 Å².